The van der Waals surface area contributed by atoms with Crippen LogP contribution in [0.25, 0.3) is 0 Å². The molecule has 0 fully saturated rings. The lowest BCUT2D eigenvalue weighted by atomic mass is 9.90. The zero-order valence-corrected chi connectivity index (χ0v) is 10.7. The maximum Gasteiger partial charge on any atom is 0.330 e. The van der Waals surface area contributed by atoms with Crippen molar-refractivity contribution in [3.63, 3.8) is 0 Å². The summed E-state index contributed by atoms with van der Waals surface area (Å²) in [5, 5.41) is 11.2. The van der Waals surface area contributed by atoms with Crippen LogP contribution in [0.1, 0.15) is 29.5 Å². The van der Waals surface area contributed by atoms with Crippen molar-refractivity contribution in [1.29, 1.82) is 0 Å². The minimum Gasteiger partial charge on any atom is -0.480 e. The molecular formula is C14H18N2O3. The van der Waals surface area contributed by atoms with E-state index in [1.165, 1.54) is 24.0 Å². The van der Waals surface area contributed by atoms with Gasteiger partial charge in [0.2, 0.25) is 5.91 Å². The standard InChI is InChI=1S/C14H18N2O3/c15-12(14(18)19)13(17)16-8-9-5-6-10-3-1-2-4-11(10)7-9/h5-7,12H,1-4,8,15H2,(H,16,17)(H,18,19). The predicted octanol–water partition coefficient (Wildman–Crippen LogP) is 0.594. The summed E-state index contributed by atoms with van der Waals surface area (Å²) >= 11 is 0. The van der Waals surface area contributed by atoms with Crippen LogP contribution in [0.3, 0.4) is 0 Å². The first kappa shape index (κ1) is 13.5. The first-order chi connectivity index (χ1) is 9.08. The Morgan fingerprint density at radius 2 is 1.95 bits per heavy atom. The first-order valence-corrected chi connectivity index (χ1v) is 6.44. The molecule has 102 valence electrons. The molecule has 1 aliphatic carbocycles. The Hall–Kier alpha value is -1.88. The molecule has 0 aliphatic heterocycles. The molecular weight excluding hydrogens is 244 g/mol. The van der Waals surface area contributed by atoms with Crippen molar-refractivity contribution in [3.05, 3.63) is 34.9 Å². The lowest BCUT2D eigenvalue weighted by molar-refractivity contribution is -0.142. The number of carbonyl (C=O) groups excluding carboxylic acids is 1. The van der Waals surface area contributed by atoms with Crippen LogP contribution in [0.5, 0.6) is 0 Å². The highest BCUT2D eigenvalue weighted by Crippen LogP contribution is 2.22. The molecule has 5 nitrogen and oxygen atoms in total. The molecule has 0 saturated heterocycles. The topological polar surface area (TPSA) is 92.4 Å². The van der Waals surface area contributed by atoms with Gasteiger partial charge in [-0.15, -0.1) is 0 Å². The van der Waals surface area contributed by atoms with Gasteiger partial charge < -0.3 is 16.2 Å². The molecule has 1 amide bonds. The molecule has 1 aliphatic rings. The van der Waals surface area contributed by atoms with E-state index < -0.39 is 17.9 Å². The lowest BCUT2D eigenvalue weighted by Crippen LogP contribution is -2.45. The fourth-order valence-corrected chi connectivity index (χ4v) is 2.31. The molecule has 4 N–H and O–H groups in total. The van der Waals surface area contributed by atoms with E-state index in [-0.39, 0.29) is 0 Å². The van der Waals surface area contributed by atoms with Gasteiger partial charge in [-0.05, 0) is 42.4 Å². The molecule has 1 aromatic carbocycles. The second-order valence-corrected chi connectivity index (χ2v) is 4.84. The summed E-state index contributed by atoms with van der Waals surface area (Å²) < 4.78 is 0. The van der Waals surface area contributed by atoms with Crippen molar-refractivity contribution in [2.75, 3.05) is 0 Å². The van der Waals surface area contributed by atoms with Crippen molar-refractivity contribution in [2.45, 2.75) is 38.3 Å². The van der Waals surface area contributed by atoms with Crippen LogP contribution >= 0.6 is 0 Å². The number of nitrogens with two attached hydrogens (primary N) is 1. The Kier molecular flexibility index (Phi) is 4.16. The summed E-state index contributed by atoms with van der Waals surface area (Å²) in [5.74, 6) is -1.98. The van der Waals surface area contributed by atoms with Gasteiger partial charge in [0.15, 0.2) is 6.04 Å². The zero-order valence-electron chi connectivity index (χ0n) is 10.7. The minimum atomic E-state index is -1.50. The van der Waals surface area contributed by atoms with Crippen LogP contribution in [0.2, 0.25) is 0 Å². The van der Waals surface area contributed by atoms with Crippen molar-refractivity contribution in [2.24, 2.45) is 5.73 Å². The highest BCUT2D eigenvalue weighted by atomic mass is 16.4. The molecule has 0 heterocycles. The number of hydrogen-bond donors (Lipinski definition) is 3. The van der Waals surface area contributed by atoms with E-state index in [1.54, 1.807) is 0 Å². The number of nitrogens with one attached hydrogen (secondary N) is 1. The summed E-state index contributed by atoms with van der Waals surface area (Å²) in [6.07, 6.45) is 4.63. The van der Waals surface area contributed by atoms with E-state index >= 15 is 0 Å². The van der Waals surface area contributed by atoms with Crippen molar-refractivity contribution in [1.82, 2.24) is 5.32 Å². The van der Waals surface area contributed by atoms with E-state index in [0.29, 0.717) is 6.54 Å². The quantitative estimate of drug-likeness (QED) is 0.693. The molecule has 1 atom stereocenters. The Morgan fingerprint density at radius 3 is 2.63 bits per heavy atom. The van der Waals surface area contributed by atoms with E-state index in [2.05, 4.69) is 17.4 Å². The average molecular weight is 262 g/mol. The van der Waals surface area contributed by atoms with Crippen molar-refractivity contribution in [3.8, 4) is 0 Å². The Bertz CT molecular complexity index is 499. The fourth-order valence-electron chi connectivity index (χ4n) is 2.31. The van der Waals surface area contributed by atoms with Gasteiger partial charge in [-0.1, -0.05) is 18.2 Å². The molecule has 0 aromatic heterocycles. The lowest BCUT2D eigenvalue weighted by Gasteiger charge is -2.17. The maximum absolute atomic E-state index is 11.4. The average Bonchev–Trinajstić information content (AvgIpc) is 2.43. The van der Waals surface area contributed by atoms with Gasteiger partial charge in [0.05, 0.1) is 0 Å². The SMILES string of the molecule is NC(C(=O)O)C(=O)NCc1ccc2c(c1)CCCC2. The normalized spacial score (nSPS) is 15.4. The summed E-state index contributed by atoms with van der Waals surface area (Å²) in [7, 11) is 0. The molecule has 5 heteroatoms. The number of fused-ring (bicyclic) bond motifs is 1. The zero-order chi connectivity index (χ0) is 13.8. The highest BCUT2D eigenvalue weighted by molar-refractivity contribution is 6.00. The van der Waals surface area contributed by atoms with Gasteiger partial charge in [-0.25, -0.2) is 4.79 Å². The molecule has 0 spiro atoms. The monoisotopic (exact) mass is 262 g/mol. The molecule has 1 unspecified atom stereocenters. The number of benzene rings is 1. The van der Waals surface area contributed by atoms with E-state index in [9.17, 15) is 9.59 Å². The van der Waals surface area contributed by atoms with Gasteiger partial charge in [0, 0.05) is 6.54 Å². The summed E-state index contributed by atoms with van der Waals surface area (Å²) in [6.45, 7) is 0.313. The largest absolute Gasteiger partial charge is 0.480 e. The number of aliphatic carboxylic acids is 1. The second-order valence-electron chi connectivity index (χ2n) is 4.84. The third-order valence-corrected chi connectivity index (χ3v) is 3.43. The Balaban J connectivity index is 1.96. The van der Waals surface area contributed by atoms with Gasteiger partial charge in [-0.2, -0.15) is 0 Å². The number of hydrogen-bond acceptors (Lipinski definition) is 3. The van der Waals surface area contributed by atoms with Gasteiger partial charge in [0.1, 0.15) is 0 Å². The van der Waals surface area contributed by atoms with Crippen LogP contribution in [-0.4, -0.2) is 23.0 Å². The first-order valence-electron chi connectivity index (χ1n) is 6.44. The van der Waals surface area contributed by atoms with Gasteiger partial charge in [-0.3, -0.25) is 4.79 Å². The summed E-state index contributed by atoms with van der Waals surface area (Å²) in [5.41, 5.74) is 8.91. The molecule has 0 bridgehead atoms. The van der Waals surface area contributed by atoms with Crippen LogP contribution < -0.4 is 11.1 Å². The minimum absolute atomic E-state index is 0.313. The summed E-state index contributed by atoms with van der Waals surface area (Å²) in [6, 6.07) is 4.64. The van der Waals surface area contributed by atoms with Crippen LogP contribution in [0.4, 0.5) is 0 Å². The van der Waals surface area contributed by atoms with Crippen LogP contribution in [0.15, 0.2) is 18.2 Å². The van der Waals surface area contributed by atoms with Crippen molar-refractivity contribution >= 4 is 11.9 Å². The molecule has 19 heavy (non-hydrogen) atoms. The number of aryl methyl sites for hydroxylation is 2. The smallest absolute Gasteiger partial charge is 0.330 e. The number of rotatable bonds is 4. The molecule has 0 saturated carbocycles. The number of amides is 1. The van der Waals surface area contributed by atoms with Crippen LogP contribution in [0, 0.1) is 0 Å². The summed E-state index contributed by atoms with van der Waals surface area (Å²) in [4.78, 5) is 22.0. The third-order valence-electron chi connectivity index (χ3n) is 3.43. The van der Waals surface area contributed by atoms with E-state index in [4.69, 9.17) is 10.8 Å². The predicted molar refractivity (Wildman–Crippen MR) is 70.5 cm³/mol. The molecule has 2 rings (SSSR count). The number of carbonyl (C=O) groups is 2. The highest BCUT2D eigenvalue weighted by Gasteiger charge is 2.20. The van der Waals surface area contributed by atoms with E-state index in [0.717, 1.165) is 18.4 Å². The van der Waals surface area contributed by atoms with Crippen molar-refractivity contribution < 1.29 is 14.7 Å². The third kappa shape index (κ3) is 3.32. The Morgan fingerprint density at radius 1 is 1.26 bits per heavy atom. The second kappa shape index (κ2) is 5.84. The van der Waals surface area contributed by atoms with Gasteiger partial charge >= 0.3 is 5.97 Å². The maximum atomic E-state index is 11.4. The number of carboxylic acids is 1. The van der Waals surface area contributed by atoms with Gasteiger partial charge in [0.25, 0.3) is 0 Å². The number of carboxylic acid groups (broad SMARTS) is 1. The molecule has 0 radical (unpaired) electrons. The Labute approximate surface area is 111 Å². The fraction of sp³-hybridized carbons (Fsp3) is 0.429. The molecule has 1 aromatic rings. The van der Waals surface area contributed by atoms with Crippen LogP contribution in [-0.2, 0) is 29.0 Å². The van der Waals surface area contributed by atoms with E-state index in [1.807, 2.05) is 6.07 Å².